The summed E-state index contributed by atoms with van der Waals surface area (Å²) in [5.74, 6) is -0.0930. The monoisotopic (exact) mass is 269 g/mol. The third-order valence-corrected chi connectivity index (χ3v) is 3.11. The van der Waals surface area contributed by atoms with Gasteiger partial charge in [0.2, 0.25) is 0 Å². The van der Waals surface area contributed by atoms with Crippen molar-refractivity contribution in [3.63, 3.8) is 0 Å². The third-order valence-electron chi connectivity index (χ3n) is 3.11. The molecule has 0 aromatic heterocycles. The van der Waals surface area contributed by atoms with Gasteiger partial charge in [0.25, 0.3) is 5.91 Å². The van der Waals surface area contributed by atoms with Crippen LogP contribution in [0.3, 0.4) is 0 Å². The molecule has 0 saturated carbocycles. The number of nitrogens with zero attached hydrogens (tertiary/aromatic N) is 1. The topological polar surface area (TPSA) is 72.3 Å². The zero-order chi connectivity index (χ0) is 14.7. The van der Waals surface area contributed by atoms with Crippen molar-refractivity contribution in [1.82, 2.24) is 4.90 Å². The minimum absolute atomic E-state index is 0.0930. The highest BCUT2D eigenvalue weighted by Crippen LogP contribution is 2.16. The van der Waals surface area contributed by atoms with Crippen LogP contribution in [-0.2, 0) is 6.54 Å². The van der Waals surface area contributed by atoms with E-state index >= 15 is 0 Å². The van der Waals surface area contributed by atoms with Crippen molar-refractivity contribution in [1.29, 1.82) is 0 Å². The SMILES string of the molecule is Cc1ccc(CN(C)C(=O)c2cc(N)cc(N)c2)cc1. The summed E-state index contributed by atoms with van der Waals surface area (Å²) >= 11 is 0. The molecule has 20 heavy (non-hydrogen) atoms. The Kier molecular flexibility index (Phi) is 3.94. The van der Waals surface area contributed by atoms with Gasteiger partial charge in [-0.1, -0.05) is 29.8 Å². The summed E-state index contributed by atoms with van der Waals surface area (Å²) in [4.78, 5) is 14.0. The van der Waals surface area contributed by atoms with E-state index < -0.39 is 0 Å². The standard InChI is InChI=1S/C16H19N3O/c1-11-3-5-12(6-4-11)10-19(2)16(20)13-7-14(17)9-15(18)8-13/h3-9H,10,17-18H2,1-2H3. The van der Waals surface area contributed by atoms with Crippen molar-refractivity contribution in [2.45, 2.75) is 13.5 Å². The molecule has 0 aliphatic rings. The molecule has 0 spiro atoms. The maximum Gasteiger partial charge on any atom is 0.254 e. The average molecular weight is 269 g/mol. The Balaban J connectivity index is 2.14. The van der Waals surface area contributed by atoms with Gasteiger partial charge in [0, 0.05) is 30.5 Å². The summed E-state index contributed by atoms with van der Waals surface area (Å²) in [6.45, 7) is 2.59. The van der Waals surface area contributed by atoms with E-state index in [0.29, 0.717) is 23.5 Å². The Labute approximate surface area is 119 Å². The molecule has 2 aromatic carbocycles. The molecular formula is C16H19N3O. The van der Waals surface area contributed by atoms with Gasteiger partial charge in [0.1, 0.15) is 0 Å². The fourth-order valence-electron chi connectivity index (χ4n) is 2.06. The van der Waals surface area contributed by atoms with E-state index in [1.165, 1.54) is 5.56 Å². The molecule has 0 bridgehead atoms. The molecule has 0 radical (unpaired) electrons. The van der Waals surface area contributed by atoms with Gasteiger partial charge in [-0.25, -0.2) is 0 Å². The minimum atomic E-state index is -0.0930. The van der Waals surface area contributed by atoms with Crippen molar-refractivity contribution < 1.29 is 4.79 Å². The quantitative estimate of drug-likeness (QED) is 0.841. The normalized spacial score (nSPS) is 10.3. The van der Waals surface area contributed by atoms with E-state index in [0.717, 1.165) is 5.56 Å². The fraction of sp³-hybridized carbons (Fsp3) is 0.188. The molecule has 104 valence electrons. The minimum Gasteiger partial charge on any atom is -0.399 e. The van der Waals surface area contributed by atoms with Gasteiger partial charge in [-0.15, -0.1) is 0 Å². The Morgan fingerprint density at radius 2 is 1.60 bits per heavy atom. The number of benzene rings is 2. The second-order valence-electron chi connectivity index (χ2n) is 5.04. The fourth-order valence-corrected chi connectivity index (χ4v) is 2.06. The van der Waals surface area contributed by atoms with Crippen LogP contribution in [0, 0.1) is 6.92 Å². The summed E-state index contributed by atoms with van der Waals surface area (Å²) < 4.78 is 0. The number of carbonyl (C=O) groups excluding carboxylic acids is 1. The van der Waals surface area contributed by atoms with Crippen LogP contribution in [0.5, 0.6) is 0 Å². The van der Waals surface area contributed by atoms with Crippen LogP contribution in [0.4, 0.5) is 11.4 Å². The molecule has 0 atom stereocenters. The smallest absolute Gasteiger partial charge is 0.254 e. The van der Waals surface area contributed by atoms with Gasteiger partial charge in [0.15, 0.2) is 0 Å². The molecule has 0 saturated heterocycles. The molecule has 0 unspecified atom stereocenters. The zero-order valence-corrected chi connectivity index (χ0v) is 11.8. The molecule has 4 heteroatoms. The number of aryl methyl sites for hydroxylation is 1. The van der Waals surface area contributed by atoms with Crippen molar-refractivity contribution in [3.05, 3.63) is 59.2 Å². The maximum absolute atomic E-state index is 12.3. The van der Waals surface area contributed by atoms with Crippen LogP contribution in [0.25, 0.3) is 0 Å². The third kappa shape index (κ3) is 3.29. The maximum atomic E-state index is 12.3. The van der Waals surface area contributed by atoms with Crippen LogP contribution in [0.15, 0.2) is 42.5 Å². The summed E-state index contributed by atoms with van der Waals surface area (Å²) in [5.41, 5.74) is 15.2. The first-order valence-corrected chi connectivity index (χ1v) is 6.43. The number of nitrogens with two attached hydrogens (primary N) is 2. The van der Waals surface area contributed by atoms with E-state index in [4.69, 9.17) is 11.5 Å². The number of carbonyl (C=O) groups is 1. The number of hydrogen-bond donors (Lipinski definition) is 2. The van der Waals surface area contributed by atoms with Crippen molar-refractivity contribution in [2.75, 3.05) is 18.5 Å². The lowest BCUT2D eigenvalue weighted by molar-refractivity contribution is 0.0785. The second-order valence-corrected chi connectivity index (χ2v) is 5.04. The number of hydrogen-bond acceptors (Lipinski definition) is 3. The van der Waals surface area contributed by atoms with E-state index in [-0.39, 0.29) is 5.91 Å². The van der Waals surface area contributed by atoms with Crippen LogP contribution in [0.1, 0.15) is 21.5 Å². The Hall–Kier alpha value is -2.49. The van der Waals surface area contributed by atoms with Gasteiger partial charge in [-0.3, -0.25) is 4.79 Å². The summed E-state index contributed by atoms with van der Waals surface area (Å²) in [6, 6.07) is 13.0. The van der Waals surface area contributed by atoms with E-state index in [9.17, 15) is 4.79 Å². The molecule has 0 fully saturated rings. The van der Waals surface area contributed by atoms with E-state index in [1.807, 2.05) is 31.2 Å². The molecule has 1 amide bonds. The molecular weight excluding hydrogens is 250 g/mol. The molecule has 0 heterocycles. The first-order chi connectivity index (χ1) is 9.45. The number of anilines is 2. The van der Waals surface area contributed by atoms with Crippen molar-refractivity contribution in [2.24, 2.45) is 0 Å². The van der Waals surface area contributed by atoms with Crippen molar-refractivity contribution >= 4 is 17.3 Å². The van der Waals surface area contributed by atoms with Gasteiger partial charge < -0.3 is 16.4 Å². The van der Waals surface area contributed by atoms with Crippen LogP contribution in [0.2, 0.25) is 0 Å². The highest BCUT2D eigenvalue weighted by atomic mass is 16.2. The summed E-state index contributed by atoms with van der Waals surface area (Å²) in [5, 5.41) is 0. The predicted octanol–water partition coefficient (Wildman–Crippen LogP) is 2.43. The lowest BCUT2D eigenvalue weighted by Gasteiger charge is -2.18. The van der Waals surface area contributed by atoms with Gasteiger partial charge in [-0.2, -0.15) is 0 Å². The van der Waals surface area contributed by atoms with Gasteiger partial charge in [0.05, 0.1) is 0 Å². The lowest BCUT2D eigenvalue weighted by Crippen LogP contribution is -2.26. The van der Waals surface area contributed by atoms with Gasteiger partial charge >= 0.3 is 0 Å². The summed E-state index contributed by atoms with van der Waals surface area (Å²) in [6.07, 6.45) is 0. The largest absolute Gasteiger partial charge is 0.399 e. The van der Waals surface area contributed by atoms with Crippen LogP contribution in [-0.4, -0.2) is 17.9 Å². The lowest BCUT2D eigenvalue weighted by atomic mass is 10.1. The van der Waals surface area contributed by atoms with Crippen LogP contribution >= 0.6 is 0 Å². The molecule has 0 aliphatic carbocycles. The number of rotatable bonds is 3. The highest BCUT2D eigenvalue weighted by Gasteiger charge is 2.13. The van der Waals surface area contributed by atoms with Crippen molar-refractivity contribution in [3.8, 4) is 0 Å². The molecule has 4 N–H and O–H groups in total. The van der Waals surface area contributed by atoms with E-state index in [1.54, 1.807) is 30.1 Å². The Bertz CT molecular complexity index is 600. The van der Waals surface area contributed by atoms with Gasteiger partial charge in [-0.05, 0) is 30.7 Å². The molecule has 0 aliphatic heterocycles. The number of amides is 1. The van der Waals surface area contributed by atoms with E-state index in [2.05, 4.69) is 0 Å². The zero-order valence-electron chi connectivity index (χ0n) is 11.8. The van der Waals surface area contributed by atoms with Crippen LogP contribution < -0.4 is 11.5 Å². The first-order valence-electron chi connectivity index (χ1n) is 6.43. The molecule has 2 rings (SSSR count). The molecule has 4 nitrogen and oxygen atoms in total. The predicted molar refractivity (Wildman–Crippen MR) is 82.2 cm³/mol. The second kappa shape index (κ2) is 5.65. The average Bonchev–Trinajstić information content (AvgIpc) is 2.39. The Morgan fingerprint density at radius 3 is 2.15 bits per heavy atom. The first kappa shape index (κ1) is 13.9. The Morgan fingerprint density at radius 1 is 1.05 bits per heavy atom. The summed E-state index contributed by atoms with van der Waals surface area (Å²) in [7, 11) is 1.77. The highest BCUT2D eigenvalue weighted by molar-refractivity contribution is 5.95. The number of nitrogen functional groups attached to an aromatic ring is 2. The molecule has 2 aromatic rings.